The Balaban J connectivity index is 1.28. The van der Waals surface area contributed by atoms with Crippen LogP contribution in [0.5, 0.6) is 0 Å². The first-order valence-electron chi connectivity index (χ1n) is 18.1. The predicted octanol–water partition coefficient (Wildman–Crippen LogP) is 12.6. The Morgan fingerprint density at radius 3 is 0.907 bits per heavy atom. The lowest BCUT2D eigenvalue weighted by Gasteiger charge is -2.22. The van der Waals surface area contributed by atoms with Crippen LogP contribution in [0.4, 0.5) is 0 Å². The molecule has 0 saturated carbocycles. The van der Waals surface area contributed by atoms with Crippen molar-refractivity contribution < 1.29 is 8.83 Å². The number of hydrogen-bond acceptors (Lipinski definition) is 6. The van der Waals surface area contributed by atoms with E-state index in [2.05, 4.69) is 119 Å². The molecule has 0 bridgehead atoms. The van der Waals surface area contributed by atoms with Crippen LogP contribution in [-0.2, 0) is 0 Å². The van der Waals surface area contributed by atoms with E-state index in [0.717, 1.165) is 77.8 Å². The molecule has 0 aliphatic heterocycles. The second-order valence-corrected chi connectivity index (χ2v) is 13.9. The number of rotatable bonds is 5. The Morgan fingerprint density at radius 2 is 0.630 bits per heavy atom. The van der Waals surface area contributed by atoms with E-state index in [0.29, 0.717) is 11.8 Å². The van der Waals surface area contributed by atoms with Gasteiger partial charge in [-0.05, 0) is 91.3 Å². The summed E-state index contributed by atoms with van der Waals surface area (Å²) in [5.74, 6) is 2.78. The molecule has 4 aromatic heterocycles. The van der Waals surface area contributed by atoms with Gasteiger partial charge in [-0.1, -0.05) is 97.1 Å². The van der Waals surface area contributed by atoms with Crippen molar-refractivity contribution in [2.24, 2.45) is 0 Å². The smallest absolute Gasteiger partial charge is 0.192 e. The summed E-state index contributed by atoms with van der Waals surface area (Å²) in [6.07, 6.45) is 7.63. The molecule has 0 fully saturated rings. The summed E-state index contributed by atoms with van der Waals surface area (Å²) < 4.78 is 12.1. The van der Waals surface area contributed by atoms with Crippen LogP contribution < -0.4 is 0 Å². The van der Waals surface area contributed by atoms with Crippen LogP contribution in [-0.4, -0.2) is 19.9 Å². The lowest BCUT2D eigenvalue weighted by Crippen LogP contribution is -1.95. The van der Waals surface area contributed by atoms with Gasteiger partial charge in [0.2, 0.25) is 0 Å². The predicted molar refractivity (Wildman–Crippen MR) is 218 cm³/mol. The van der Waals surface area contributed by atoms with E-state index in [1.54, 1.807) is 0 Å². The van der Waals surface area contributed by atoms with E-state index in [4.69, 9.17) is 18.8 Å². The summed E-state index contributed by atoms with van der Waals surface area (Å²) in [5.41, 5.74) is 10.2. The Bertz CT molecular complexity index is 2790. The molecule has 6 heteroatoms. The SMILES string of the molecule is Cc1nc(C)c(-c2cncc(-c3c4ccccc4c(-c4c5ccccc5c(-c5cncc(-c6oc(C)nc6C)c5)c5ccccc45)c4ccccc34)c2)o1. The van der Waals surface area contributed by atoms with Crippen molar-refractivity contribution in [2.45, 2.75) is 27.7 Å². The minimum atomic E-state index is 0.641. The molecule has 10 rings (SSSR count). The molecule has 0 aliphatic carbocycles. The first-order valence-corrected chi connectivity index (χ1v) is 18.1. The molecule has 10 aromatic rings. The molecule has 0 spiro atoms. The third kappa shape index (κ3) is 4.95. The van der Waals surface area contributed by atoms with E-state index in [-0.39, 0.29) is 0 Å². The highest BCUT2D eigenvalue weighted by Gasteiger charge is 2.23. The number of aryl methyl sites for hydroxylation is 4. The van der Waals surface area contributed by atoms with E-state index >= 15 is 0 Å². The maximum atomic E-state index is 6.04. The van der Waals surface area contributed by atoms with Crippen molar-refractivity contribution in [2.75, 3.05) is 0 Å². The molecule has 258 valence electrons. The molecule has 0 atom stereocenters. The highest BCUT2D eigenvalue weighted by molar-refractivity contribution is 6.30. The molecule has 0 unspecified atom stereocenters. The average molecular weight is 699 g/mol. The number of aromatic nitrogens is 4. The van der Waals surface area contributed by atoms with Crippen LogP contribution in [0.3, 0.4) is 0 Å². The molecule has 6 nitrogen and oxygen atoms in total. The Morgan fingerprint density at radius 1 is 0.352 bits per heavy atom. The van der Waals surface area contributed by atoms with Crippen LogP contribution in [0.2, 0.25) is 0 Å². The highest BCUT2D eigenvalue weighted by atomic mass is 16.4. The Labute approximate surface area is 311 Å². The molecule has 4 heterocycles. The number of hydrogen-bond donors (Lipinski definition) is 0. The van der Waals surface area contributed by atoms with Crippen molar-refractivity contribution in [1.29, 1.82) is 0 Å². The van der Waals surface area contributed by atoms with Crippen molar-refractivity contribution in [3.63, 3.8) is 0 Å². The molecule has 0 amide bonds. The van der Waals surface area contributed by atoms with Crippen molar-refractivity contribution in [1.82, 2.24) is 19.9 Å². The first-order chi connectivity index (χ1) is 26.4. The monoisotopic (exact) mass is 698 g/mol. The van der Waals surface area contributed by atoms with Gasteiger partial charge in [0, 0.05) is 60.9 Å². The van der Waals surface area contributed by atoms with Crippen molar-refractivity contribution >= 4 is 43.1 Å². The molecule has 0 aliphatic rings. The lowest BCUT2D eigenvalue weighted by molar-refractivity contribution is 0.533. The summed E-state index contributed by atoms with van der Waals surface area (Å²) in [7, 11) is 0. The van der Waals surface area contributed by atoms with Crippen LogP contribution in [0.15, 0.2) is 143 Å². The highest BCUT2D eigenvalue weighted by Crippen LogP contribution is 2.50. The second kappa shape index (κ2) is 12.3. The Kier molecular flexibility index (Phi) is 7.27. The van der Waals surface area contributed by atoms with Crippen LogP contribution in [0, 0.1) is 27.7 Å². The molecule has 0 N–H and O–H groups in total. The Hall–Kier alpha value is -6.92. The number of fused-ring (bicyclic) bond motifs is 4. The van der Waals surface area contributed by atoms with Gasteiger partial charge in [0.05, 0.1) is 11.4 Å². The quantitative estimate of drug-likeness (QED) is 0.167. The molecular formula is C48H34N4O2. The lowest BCUT2D eigenvalue weighted by atomic mass is 9.81. The van der Waals surface area contributed by atoms with E-state index < -0.39 is 0 Å². The first kappa shape index (κ1) is 31.8. The van der Waals surface area contributed by atoms with Gasteiger partial charge in [0.15, 0.2) is 23.3 Å². The van der Waals surface area contributed by atoms with E-state index in [9.17, 15) is 0 Å². The minimum absolute atomic E-state index is 0.641. The largest absolute Gasteiger partial charge is 0.441 e. The van der Waals surface area contributed by atoms with Gasteiger partial charge >= 0.3 is 0 Å². The molecule has 0 saturated heterocycles. The van der Waals surface area contributed by atoms with Gasteiger partial charge in [0.25, 0.3) is 0 Å². The van der Waals surface area contributed by atoms with Gasteiger partial charge in [0.1, 0.15) is 0 Å². The van der Waals surface area contributed by atoms with Gasteiger partial charge in [-0.2, -0.15) is 0 Å². The summed E-state index contributed by atoms with van der Waals surface area (Å²) in [6.45, 7) is 7.70. The van der Waals surface area contributed by atoms with Crippen LogP contribution in [0.1, 0.15) is 23.2 Å². The van der Waals surface area contributed by atoms with Crippen molar-refractivity contribution in [3.05, 3.63) is 157 Å². The van der Waals surface area contributed by atoms with Gasteiger partial charge in [-0.25, -0.2) is 9.97 Å². The van der Waals surface area contributed by atoms with Gasteiger partial charge in [-0.3, -0.25) is 9.97 Å². The summed E-state index contributed by atoms with van der Waals surface area (Å²) in [4.78, 5) is 18.5. The van der Waals surface area contributed by atoms with E-state index in [1.165, 1.54) is 32.7 Å². The molecule has 6 aromatic carbocycles. The van der Waals surface area contributed by atoms with Crippen molar-refractivity contribution in [3.8, 4) is 56.0 Å². The van der Waals surface area contributed by atoms with Gasteiger partial charge in [-0.15, -0.1) is 0 Å². The normalized spacial score (nSPS) is 11.7. The number of nitrogens with zero attached hydrogens (tertiary/aromatic N) is 4. The minimum Gasteiger partial charge on any atom is -0.441 e. The topological polar surface area (TPSA) is 77.8 Å². The maximum Gasteiger partial charge on any atom is 0.192 e. The van der Waals surface area contributed by atoms with Gasteiger partial charge < -0.3 is 8.83 Å². The third-order valence-corrected chi connectivity index (χ3v) is 10.5. The maximum absolute atomic E-state index is 6.04. The molecule has 0 radical (unpaired) electrons. The zero-order valence-corrected chi connectivity index (χ0v) is 30.3. The number of pyridine rings is 2. The van der Waals surface area contributed by atoms with E-state index in [1.807, 2.05) is 52.5 Å². The van der Waals surface area contributed by atoms with Crippen LogP contribution in [0.25, 0.3) is 99.1 Å². The third-order valence-electron chi connectivity index (χ3n) is 10.5. The fraction of sp³-hybridized carbons (Fsp3) is 0.0833. The fourth-order valence-corrected chi connectivity index (χ4v) is 8.42. The second-order valence-electron chi connectivity index (χ2n) is 13.9. The standard InChI is InChI=1S/C48H34N4O2/c1-27-47(53-29(3)51-27)33-21-31(23-49-25-33)43-35-13-5-9-17-39(35)45(40-18-10-6-14-36(40)43)46-41-19-11-7-15-37(41)44(38-16-8-12-20-42(38)46)32-22-34(26-50-24-32)48-28(2)52-30(4)54-48/h5-26H,1-4H3. The zero-order valence-electron chi connectivity index (χ0n) is 30.3. The summed E-state index contributed by atoms with van der Waals surface area (Å²) in [5, 5.41) is 9.31. The zero-order chi connectivity index (χ0) is 36.5. The van der Waals surface area contributed by atoms with Crippen LogP contribution >= 0.6 is 0 Å². The number of oxazole rings is 2. The molecular weight excluding hydrogens is 665 g/mol. The number of benzene rings is 6. The molecule has 54 heavy (non-hydrogen) atoms. The average Bonchev–Trinajstić information content (AvgIpc) is 3.73. The fourth-order valence-electron chi connectivity index (χ4n) is 8.42. The summed E-state index contributed by atoms with van der Waals surface area (Å²) >= 11 is 0. The summed E-state index contributed by atoms with van der Waals surface area (Å²) in [6, 6.07) is 39.4.